The highest BCUT2D eigenvalue weighted by Gasteiger charge is 2.48. The van der Waals surface area contributed by atoms with Gasteiger partial charge in [0.2, 0.25) is 5.91 Å². The average Bonchev–Trinajstić information content (AvgIpc) is 3.25. The van der Waals surface area contributed by atoms with Crippen LogP contribution in [0.5, 0.6) is 0 Å². The summed E-state index contributed by atoms with van der Waals surface area (Å²) < 4.78 is 6.10. The molecule has 2 amide bonds. The first kappa shape index (κ1) is 20.8. The van der Waals surface area contributed by atoms with Crippen LogP contribution in [-0.4, -0.2) is 48.6 Å². The Morgan fingerprint density at radius 1 is 1.33 bits per heavy atom. The smallest absolute Gasteiger partial charge is 0.254 e. The third-order valence-electron chi connectivity index (χ3n) is 5.99. The third-order valence-corrected chi connectivity index (χ3v) is 6.91. The van der Waals surface area contributed by atoms with Gasteiger partial charge >= 0.3 is 0 Å². The Kier molecular flexibility index (Phi) is 6.06. The van der Waals surface area contributed by atoms with E-state index in [0.717, 1.165) is 17.5 Å². The SMILES string of the molecule is C=CCNC(=O)C1(Cc2ccc(-c3cccs3)cc2)CN(C(=O)C2CC2C)CCO1. The van der Waals surface area contributed by atoms with Gasteiger partial charge in [-0.2, -0.15) is 0 Å². The molecular formula is C24H28N2O3S. The standard InChI is InChI=1S/C24H28N2O3S/c1-3-10-25-23(28)24(16-26(11-12-29-24)22(27)20-14-17(20)2)15-18-6-8-19(9-7-18)21-5-4-13-30-21/h3-9,13,17,20H,1,10-12,14-16H2,2H3,(H,25,28). The highest BCUT2D eigenvalue weighted by molar-refractivity contribution is 7.13. The minimum atomic E-state index is -1.08. The number of hydrogen-bond donors (Lipinski definition) is 1. The Morgan fingerprint density at radius 3 is 2.73 bits per heavy atom. The molecule has 158 valence electrons. The van der Waals surface area contributed by atoms with Crippen LogP contribution < -0.4 is 5.32 Å². The molecule has 1 aliphatic carbocycles. The van der Waals surface area contributed by atoms with E-state index in [4.69, 9.17) is 4.74 Å². The summed E-state index contributed by atoms with van der Waals surface area (Å²) >= 11 is 1.70. The molecule has 0 radical (unpaired) electrons. The van der Waals surface area contributed by atoms with Gasteiger partial charge in [0.25, 0.3) is 5.91 Å². The summed E-state index contributed by atoms with van der Waals surface area (Å²) in [5, 5.41) is 4.95. The second-order valence-corrected chi connectivity index (χ2v) is 9.22. The van der Waals surface area contributed by atoms with E-state index in [2.05, 4.69) is 42.4 Å². The van der Waals surface area contributed by atoms with Crippen molar-refractivity contribution in [2.45, 2.75) is 25.4 Å². The number of morpholine rings is 1. The summed E-state index contributed by atoms with van der Waals surface area (Å²) in [6.45, 7) is 7.33. The van der Waals surface area contributed by atoms with Gasteiger partial charge in [-0.3, -0.25) is 9.59 Å². The molecule has 2 aromatic rings. The van der Waals surface area contributed by atoms with Gasteiger partial charge in [0.05, 0.1) is 13.2 Å². The monoisotopic (exact) mass is 424 g/mol. The number of ether oxygens (including phenoxy) is 1. The Hall–Kier alpha value is -2.44. The highest BCUT2D eigenvalue weighted by atomic mass is 32.1. The molecule has 1 aromatic carbocycles. The van der Waals surface area contributed by atoms with Crippen molar-refractivity contribution >= 4 is 23.2 Å². The van der Waals surface area contributed by atoms with Gasteiger partial charge in [-0.25, -0.2) is 0 Å². The summed E-state index contributed by atoms with van der Waals surface area (Å²) in [6.07, 6.45) is 3.01. The van der Waals surface area contributed by atoms with Crippen LogP contribution in [0, 0.1) is 11.8 Å². The van der Waals surface area contributed by atoms with Gasteiger partial charge in [0.1, 0.15) is 0 Å². The molecule has 5 nitrogen and oxygen atoms in total. The number of carbonyl (C=O) groups excluding carboxylic acids is 2. The quantitative estimate of drug-likeness (QED) is 0.692. The second-order valence-electron chi connectivity index (χ2n) is 8.27. The zero-order valence-electron chi connectivity index (χ0n) is 17.3. The number of amides is 2. The van der Waals surface area contributed by atoms with Crippen molar-refractivity contribution in [2.24, 2.45) is 11.8 Å². The molecule has 2 heterocycles. The number of hydrogen-bond acceptors (Lipinski definition) is 4. The minimum absolute atomic E-state index is 0.0992. The van der Waals surface area contributed by atoms with Crippen molar-refractivity contribution in [3.8, 4) is 10.4 Å². The van der Waals surface area contributed by atoms with Crippen LogP contribution in [-0.2, 0) is 20.7 Å². The predicted molar refractivity (Wildman–Crippen MR) is 119 cm³/mol. The van der Waals surface area contributed by atoms with Crippen LogP contribution in [0.1, 0.15) is 18.9 Å². The van der Waals surface area contributed by atoms with Crippen molar-refractivity contribution in [2.75, 3.05) is 26.2 Å². The molecule has 6 heteroatoms. The van der Waals surface area contributed by atoms with Crippen molar-refractivity contribution in [1.82, 2.24) is 10.2 Å². The molecule has 1 aromatic heterocycles. The van der Waals surface area contributed by atoms with Gasteiger partial charge in [0.15, 0.2) is 5.60 Å². The van der Waals surface area contributed by atoms with Crippen LogP contribution in [0.4, 0.5) is 0 Å². The van der Waals surface area contributed by atoms with Crippen molar-refractivity contribution in [3.63, 3.8) is 0 Å². The zero-order valence-corrected chi connectivity index (χ0v) is 18.1. The number of rotatable bonds is 7. The van der Waals surface area contributed by atoms with Crippen LogP contribution in [0.25, 0.3) is 10.4 Å². The van der Waals surface area contributed by atoms with Gasteiger partial charge in [-0.15, -0.1) is 17.9 Å². The van der Waals surface area contributed by atoms with E-state index in [-0.39, 0.29) is 24.3 Å². The number of nitrogens with zero attached hydrogens (tertiary/aromatic N) is 1. The van der Waals surface area contributed by atoms with Gasteiger partial charge < -0.3 is 15.0 Å². The molecule has 3 atom stereocenters. The van der Waals surface area contributed by atoms with Crippen LogP contribution in [0.15, 0.2) is 54.4 Å². The number of thiophene rings is 1. The molecule has 0 bridgehead atoms. The van der Waals surface area contributed by atoms with E-state index in [1.807, 2.05) is 23.1 Å². The molecule has 30 heavy (non-hydrogen) atoms. The lowest BCUT2D eigenvalue weighted by Gasteiger charge is -2.42. The molecule has 0 spiro atoms. The molecule has 4 rings (SSSR count). The summed E-state index contributed by atoms with van der Waals surface area (Å²) in [4.78, 5) is 29.0. The van der Waals surface area contributed by atoms with Crippen LogP contribution >= 0.6 is 11.3 Å². The lowest BCUT2D eigenvalue weighted by molar-refractivity contribution is -0.166. The first-order valence-electron chi connectivity index (χ1n) is 10.5. The third kappa shape index (κ3) is 4.35. The van der Waals surface area contributed by atoms with E-state index >= 15 is 0 Å². The van der Waals surface area contributed by atoms with Gasteiger partial charge in [-0.05, 0) is 34.9 Å². The topological polar surface area (TPSA) is 58.6 Å². The van der Waals surface area contributed by atoms with Crippen molar-refractivity contribution < 1.29 is 14.3 Å². The number of benzene rings is 1. The number of carbonyl (C=O) groups is 2. The minimum Gasteiger partial charge on any atom is -0.361 e. The average molecular weight is 425 g/mol. The maximum atomic E-state index is 13.1. The largest absolute Gasteiger partial charge is 0.361 e. The highest BCUT2D eigenvalue weighted by Crippen LogP contribution is 2.40. The Bertz CT molecular complexity index is 909. The lowest BCUT2D eigenvalue weighted by atomic mass is 9.90. The molecule has 1 saturated heterocycles. The number of nitrogens with one attached hydrogen (secondary N) is 1. The van der Waals surface area contributed by atoms with Gasteiger partial charge in [0, 0.05) is 30.3 Å². The lowest BCUT2D eigenvalue weighted by Crippen LogP contribution is -2.62. The van der Waals surface area contributed by atoms with Crippen LogP contribution in [0.3, 0.4) is 0 Å². The molecular weight excluding hydrogens is 396 g/mol. The normalized spacial score (nSPS) is 25.6. The first-order chi connectivity index (χ1) is 14.5. The van der Waals surface area contributed by atoms with Crippen molar-refractivity contribution in [1.29, 1.82) is 0 Å². The fourth-order valence-electron chi connectivity index (χ4n) is 4.08. The maximum Gasteiger partial charge on any atom is 0.254 e. The Morgan fingerprint density at radius 2 is 2.10 bits per heavy atom. The fourth-order valence-corrected chi connectivity index (χ4v) is 4.82. The van der Waals surface area contributed by atoms with E-state index in [0.29, 0.717) is 32.0 Å². The second kappa shape index (κ2) is 8.74. The summed E-state index contributed by atoms with van der Waals surface area (Å²) in [5.41, 5.74) is 1.08. The Labute approximate surface area is 181 Å². The molecule has 3 unspecified atom stereocenters. The van der Waals surface area contributed by atoms with E-state index in [1.165, 1.54) is 4.88 Å². The molecule has 2 aliphatic rings. The fraction of sp³-hybridized carbons (Fsp3) is 0.417. The molecule has 1 N–H and O–H groups in total. The van der Waals surface area contributed by atoms with Gasteiger partial charge in [-0.1, -0.05) is 43.3 Å². The molecule has 1 aliphatic heterocycles. The predicted octanol–water partition coefficient (Wildman–Crippen LogP) is 3.51. The summed E-state index contributed by atoms with van der Waals surface area (Å²) in [7, 11) is 0. The molecule has 1 saturated carbocycles. The molecule has 2 fully saturated rings. The zero-order chi connectivity index (χ0) is 21.1. The first-order valence-corrected chi connectivity index (χ1v) is 11.3. The van der Waals surface area contributed by atoms with E-state index < -0.39 is 5.60 Å². The Balaban J connectivity index is 1.55. The maximum absolute atomic E-state index is 13.1. The summed E-state index contributed by atoms with van der Waals surface area (Å²) in [6, 6.07) is 12.4. The van der Waals surface area contributed by atoms with Crippen molar-refractivity contribution in [3.05, 3.63) is 60.0 Å². The van der Waals surface area contributed by atoms with E-state index in [1.54, 1.807) is 17.4 Å². The van der Waals surface area contributed by atoms with Crippen LogP contribution in [0.2, 0.25) is 0 Å². The summed E-state index contributed by atoms with van der Waals surface area (Å²) in [5.74, 6) is 0.502. The van der Waals surface area contributed by atoms with E-state index in [9.17, 15) is 9.59 Å².